The van der Waals surface area contributed by atoms with Crippen LogP contribution < -0.4 is 10.6 Å². The maximum absolute atomic E-state index is 14.1. The van der Waals surface area contributed by atoms with Crippen molar-refractivity contribution in [1.29, 1.82) is 0 Å². The zero-order chi connectivity index (χ0) is 13.1. The molecule has 1 aliphatic rings. The molecule has 1 heterocycles. The van der Waals surface area contributed by atoms with Crippen molar-refractivity contribution in [1.82, 2.24) is 0 Å². The van der Waals surface area contributed by atoms with E-state index in [2.05, 4.69) is 11.8 Å². The smallest absolute Gasteiger partial charge is 0.146 e. The number of halogens is 1. The average molecular weight is 268 g/mol. The molecule has 1 unspecified atom stereocenters. The maximum Gasteiger partial charge on any atom is 0.146 e. The predicted octanol–water partition coefficient (Wildman–Crippen LogP) is 3.18. The summed E-state index contributed by atoms with van der Waals surface area (Å²) < 4.78 is 14.1. The van der Waals surface area contributed by atoms with E-state index in [9.17, 15) is 4.39 Å². The SMILES string of the molecule is CCC1CN(c2c(F)cccc2[C@H](C)N)CCS1. The number of nitrogens with two attached hydrogens (primary N) is 1. The molecule has 2 N–H and O–H groups in total. The molecule has 1 saturated heterocycles. The quantitative estimate of drug-likeness (QED) is 0.913. The number of nitrogens with zero attached hydrogens (tertiary/aromatic N) is 1. The predicted molar refractivity (Wildman–Crippen MR) is 77.8 cm³/mol. The topological polar surface area (TPSA) is 29.3 Å². The average Bonchev–Trinajstić information content (AvgIpc) is 2.38. The van der Waals surface area contributed by atoms with Gasteiger partial charge in [-0.25, -0.2) is 4.39 Å². The third kappa shape index (κ3) is 2.81. The molecule has 0 spiro atoms. The molecule has 1 fully saturated rings. The number of hydrogen-bond donors (Lipinski definition) is 1. The van der Waals surface area contributed by atoms with Gasteiger partial charge in [0.1, 0.15) is 5.82 Å². The van der Waals surface area contributed by atoms with Crippen LogP contribution in [0.2, 0.25) is 0 Å². The van der Waals surface area contributed by atoms with Crippen LogP contribution in [-0.2, 0) is 0 Å². The minimum atomic E-state index is -0.147. The van der Waals surface area contributed by atoms with Crippen LogP contribution in [-0.4, -0.2) is 24.1 Å². The van der Waals surface area contributed by atoms with E-state index in [1.807, 2.05) is 24.8 Å². The Kier molecular flexibility index (Phi) is 4.51. The molecular formula is C14H21FN2S. The van der Waals surface area contributed by atoms with Gasteiger partial charge < -0.3 is 10.6 Å². The summed E-state index contributed by atoms with van der Waals surface area (Å²) in [5.41, 5.74) is 7.59. The van der Waals surface area contributed by atoms with E-state index in [1.54, 1.807) is 6.07 Å². The van der Waals surface area contributed by atoms with Gasteiger partial charge in [0.05, 0.1) is 5.69 Å². The van der Waals surface area contributed by atoms with Crippen LogP contribution in [0, 0.1) is 5.82 Å². The fourth-order valence-corrected chi connectivity index (χ4v) is 3.58. The van der Waals surface area contributed by atoms with Crippen molar-refractivity contribution in [2.24, 2.45) is 5.73 Å². The van der Waals surface area contributed by atoms with E-state index in [-0.39, 0.29) is 11.9 Å². The third-order valence-electron chi connectivity index (χ3n) is 3.42. The van der Waals surface area contributed by atoms with Crippen LogP contribution in [0.3, 0.4) is 0 Å². The molecule has 4 heteroatoms. The molecular weight excluding hydrogens is 247 g/mol. The molecule has 0 bridgehead atoms. The summed E-state index contributed by atoms with van der Waals surface area (Å²) in [7, 11) is 0. The molecule has 2 atom stereocenters. The highest BCUT2D eigenvalue weighted by atomic mass is 32.2. The Hall–Kier alpha value is -0.740. The first-order valence-electron chi connectivity index (χ1n) is 6.54. The molecule has 2 rings (SSSR count). The number of para-hydroxylation sites is 1. The highest BCUT2D eigenvalue weighted by Gasteiger charge is 2.24. The van der Waals surface area contributed by atoms with Crippen molar-refractivity contribution in [3.8, 4) is 0 Å². The fraction of sp³-hybridized carbons (Fsp3) is 0.571. The van der Waals surface area contributed by atoms with E-state index in [1.165, 1.54) is 6.07 Å². The zero-order valence-corrected chi connectivity index (χ0v) is 11.8. The number of thioether (sulfide) groups is 1. The molecule has 1 aromatic carbocycles. The van der Waals surface area contributed by atoms with Gasteiger partial charge in [-0.2, -0.15) is 11.8 Å². The minimum Gasteiger partial charge on any atom is -0.367 e. The third-order valence-corrected chi connectivity index (χ3v) is 4.79. The number of rotatable bonds is 3. The second-order valence-electron chi connectivity index (χ2n) is 4.81. The van der Waals surface area contributed by atoms with Gasteiger partial charge in [-0.3, -0.25) is 0 Å². The Morgan fingerprint density at radius 2 is 2.33 bits per heavy atom. The van der Waals surface area contributed by atoms with Gasteiger partial charge in [0, 0.05) is 30.1 Å². The summed E-state index contributed by atoms with van der Waals surface area (Å²) in [6.07, 6.45) is 1.13. The second-order valence-corrected chi connectivity index (χ2v) is 6.22. The van der Waals surface area contributed by atoms with Crippen molar-refractivity contribution >= 4 is 17.4 Å². The van der Waals surface area contributed by atoms with Crippen molar-refractivity contribution in [2.75, 3.05) is 23.7 Å². The van der Waals surface area contributed by atoms with Gasteiger partial charge in [-0.05, 0) is 25.0 Å². The van der Waals surface area contributed by atoms with E-state index in [0.717, 1.165) is 30.8 Å². The zero-order valence-electron chi connectivity index (χ0n) is 11.0. The van der Waals surface area contributed by atoms with Crippen LogP contribution >= 0.6 is 11.8 Å². The summed E-state index contributed by atoms with van der Waals surface area (Å²) in [6.45, 7) is 5.92. The summed E-state index contributed by atoms with van der Waals surface area (Å²) in [5, 5.41) is 0.597. The van der Waals surface area contributed by atoms with Crippen LogP contribution in [0.15, 0.2) is 18.2 Å². The fourth-order valence-electron chi connectivity index (χ4n) is 2.40. The van der Waals surface area contributed by atoms with E-state index >= 15 is 0 Å². The van der Waals surface area contributed by atoms with E-state index < -0.39 is 0 Å². The van der Waals surface area contributed by atoms with Crippen LogP contribution in [0.1, 0.15) is 31.9 Å². The molecule has 0 aromatic heterocycles. The number of hydrogen-bond acceptors (Lipinski definition) is 3. The Morgan fingerprint density at radius 1 is 1.56 bits per heavy atom. The Balaban J connectivity index is 2.31. The molecule has 18 heavy (non-hydrogen) atoms. The summed E-state index contributed by atoms with van der Waals surface area (Å²) >= 11 is 1.99. The molecule has 1 aromatic rings. The Labute approximate surface area is 113 Å². The van der Waals surface area contributed by atoms with Gasteiger partial charge in [-0.15, -0.1) is 0 Å². The first-order valence-corrected chi connectivity index (χ1v) is 7.59. The molecule has 0 radical (unpaired) electrons. The van der Waals surface area contributed by atoms with Gasteiger partial charge in [0.15, 0.2) is 0 Å². The van der Waals surface area contributed by atoms with Crippen LogP contribution in [0.25, 0.3) is 0 Å². The Bertz CT molecular complexity index is 409. The van der Waals surface area contributed by atoms with Crippen molar-refractivity contribution in [3.63, 3.8) is 0 Å². The molecule has 0 saturated carbocycles. The minimum absolute atomic E-state index is 0.134. The standard InChI is InChI=1S/C14H21FN2S/c1-3-11-9-17(7-8-18-11)14-12(10(2)16)5-4-6-13(14)15/h4-6,10-11H,3,7-9,16H2,1-2H3/t10-,11?/m0/s1. The van der Waals surface area contributed by atoms with Gasteiger partial charge in [0.25, 0.3) is 0 Å². The lowest BCUT2D eigenvalue weighted by Crippen LogP contribution is -2.39. The van der Waals surface area contributed by atoms with Gasteiger partial charge >= 0.3 is 0 Å². The highest BCUT2D eigenvalue weighted by Crippen LogP contribution is 2.32. The van der Waals surface area contributed by atoms with Gasteiger partial charge in [-0.1, -0.05) is 19.1 Å². The Morgan fingerprint density at radius 3 is 3.00 bits per heavy atom. The van der Waals surface area contributed by atoms with Crippen molar-refractivity contribution in [2.45, 2.75) is 31.6 Å². The highest BCUT2D eigenvalue weighted by molar-refractivity contribution is 8.00. The lowest BCUT2D eigenvalue weighted by Gasteiger charge is -2.35. The normalized spacial score (nSPS) is 22.0. The van der Waals surface area contributed by atoms with Gasteiger partial charge in [0.2, 0.25) is 0 Å². The number of anilines is 1. The lowest BCUT2D eigenvalue weighted by atomic mass is 10.0. The van der Waals surface area contributed by atoms with E-state index in [4.69, 9.17) is 5.73 Å². The monoisotopic (exact) mass is 268 g/mol. The summed E-state index contributed by atoms with van der Waals surface area (Å²) in [6, 6.07) is 5.08. The second kappa shape index (κ2) is 5.93. The molecule has 1 aliphatic heterocycles. The lowest BCUT2D eigenvalue weighted by molar-refractivity contribution is 0.606. The first-order chi connectivity index (χ1) is 8.63. The maximum atomic E-state index is 14.1. The summed E-state index contributed by atoms with van der Waals surface area (Å²) in [5.74, 6) is 0.914. The van der Waals surface area contributed by atoms with Crippen molar-refractivity contribution < 1.29 is 4.39 Å². The molecule has 2 nitrogen and oxygen atoms in total. The number of benzene rings is 1. The largest absolute Gasteiger partial charge is 0.367 e. The van der Waals surface area contributed by atoms with Crippen LogP contribution in [0.5, 0.6) is 0 Å². The molecule has 0 aliphatic carbocycles. The van der Waals surface area contributed by atoms with E-state index in [0.29, 0.717) is 10.9 Å². The van der Waals surface area contributed by atoms with Crippen LogP contribution in [0.4, 0.5) is 10.1 Å². The summed E-state index contributed by atoms with van der Waals surface area (Å²) in [4.78, 5) is 2.17. The first kappa shape index (κ1) is 13.7. The molecule has 100 valence electrons. The molecule has 0 amide bonds. The van der Waals surface area contributed by atoms with Crippen molar-refractivity contribution in [3.05, 3.63) is 29.6 Å².